The molecule has 0 unspecified atom stereocenters. The molecule has 1 aliphatic rings. The van der Waals surface area contributed by atoms with E-state index in [0.717, 1.165) is 11.0 Å². The minimum absolute atomic E-state index is 0.0244. The van der Waals surface area contributed by atoms with Crippen LogP contribution in [-0.4, -0.2) is 69.3 Å². The summed E-state index contributed by atoms with van der Waals surface area (Å²) in [6, 6.07) is 9.56. The van der Waals surface area contributed by atoms with Gasteiger partial charge < -0.3 is 15.0 Å². The van der Waals surface area contributed by atoms with E-state index in [-0.39, 0.29) is 54.0 Å². The minimum Gasteiger partial charge on any atom is -0.379 e. The fraction of sp³-hybridized carbons (Fsp3) is 0.300. The number of halogens is 2. The quantitative estimate of drug-likeness (QED) is 0.699. The van der Waals surface area contributed by atoms with Crippen LogP contribution in [0.5, 0.6) is 0 Å². The van der Waals surface area contributed by atoms with Gasteiger partial charge in [-0.15, -0.1) is 0 Å². The number of sulfonamides is 1. The summed E-state index contributed by atoms with van der Waals surface area (Å²) in [5.41, 5.74) is 0.0520. The molecule has 1 N–H and O–H groups in total. The van der Waals surface area contributed by atoms with Crippen molar-refractivity contribution in [1.29, 1.82) is 0 Å². The first-order chi connectivity index (χ1) is 14.7. The molecular formula is C20H21ClFN3O5S. The fourth-order valence-corrected chi connectivity index (χ4v) is 4.94. The summed E-state index contributed by atoms with van der Waals surface area (Å²) >= 11 is 6.11. The lowest BCUT2D eigenvalue weighted by molar-refractivity contribution is -0.116. The van der Waals surface area contributed by atoms with Crippen LogP contribution < -0.4 is 5.32 Å². The molecule has 3 rings (SSSR count). The smallest absolute Gasteiger partial charge is 0.257 e. The summed E-state index contributed by atoms with van der Waals surface area (Å²) < 4.78 is 46.0. The van der Waals surface area contributed by atoms with E-state index in [1.54, 1.807) is 0 Å². The van der Waals surface area contributed by atoms with E-state index in [9.17, 15) is 22.4 Å². The molecule has 1 fully saturated rings. The average molecular weight is 470 g/mol. The number of carbonyl (C=O) groups excluding carboxylic acids is 2. The summed E-state index contributed by atoms with van der Waals surface area (Å²) in [4.78, 5) is 25.7. The van der Waals surface area contributed by atoms with Crippen molar-refractivity contribution in [3.63, 3.8) is 0 Å². The average Bonchev–Trinajstić information content (AvgIpc) is 2.75. The number of benzene rings is 2. The van der Waals surface area contributed by atoms with Gasteiger partial charge in [-0.2, -0.15) is 4.31 Å². The van der Waals surface area contributed by atoms with E-state index in [1.165, 1.54) is 47.8 Å². The highest BCUT2D eigenvalue weighted by Crippen LogP contribution is 2.28. The van der Waals surface area contributed by atoms with E-state index >= 15 is 0 Å². The van der Waals surface area contributed by atoms with Gasteiger partial charge in [0.1, 0.15) is 10.7 Å². The third-order valence-electron chi connectivity index (χ3n) is 4.63. The predicted molar refractivity (Wildman–Crippen MR) is 113 cm³/mol. The Bertz CT molecular complexity index is 1090. The van der Waals surface area contributed by atoms with Gasteiger partial charge in [-0.25, -0.2) is 12.8 Å². The molecule has 1 aliphatic heterocycles. The van der Waals surface area contributed by atoms with Crippen LogP contribution in [0.2, 0.25) is 5.02 Å². The Balaban J connectivity index is 1.71. The number of nitrogens with one attached hydrogen (secondary N) is 1. The molecule has 1 heterocycles. The number of hydrogen-bond donors (Lipinski definition) is 1. The van der Waals surface area contributed by atoms with E-state index < -0.39 is 27.7 Å². The highest BCUT2D eigenvalue weighted by molar-refractivity contribution is 7.89. The molecule has 2 aromatic carbocycles. The van der Waals surface area contributed by atoms with Crippen molar-refractivity contribution in [2.45, 2.75) is 4.90 Å². The Morgan fingerprint density at radius 3 is 2.55 bits per heavy atom. The number of morpholine rings is 1. The normalized spacial score (nSPS) is 14.8. The Morgan fingerprint density at radius 1 is 1.19 bits per heavy atom. The molecule has 0 aromatic heterocycles. The summed E-state index contributed by atoms with van der Waals surface area (Å²) in [7, 11) is -2.50. The van der Waals surface area contributed by atoms with Gasteiger partial charge in [-0.05, 0) is 30.3 Å². The van der Waals surface area contributed by atoms with Crippen molar-refractivity contribution in [2.75, 3.05) is 45.2 Å². The zero-order valence-corrected chi connectivity index (χ0v) is 18.2. The van der Waals surface area contributed by atoms with Crippen LogP contribution in [0.4, 0.5) is 10.1 Å². The Morgan fingerprint density at radius 2 is 1.87 bits per heavy atom. The molecule has 0 radical (unpaired) electrons. The number of rotatable bonds is 6. The topological polar surface area (TPSA) is 96.0 Å². The van der Waals surface area contributed by atoms with Crippen molar-refractivity contribution in [2.24, 2.45) is 0 Å². The minimum atomic E-state index is -3.86. The molecule has 31 heavy (non-hydrogen) atoms. The number of hydrogen-bond acceptors (Lipinski definition) is 5. The number of amides is 2. The highest BCUT2D eigenvalue weighted by Gasteiger charge is 2.29. The summed E-state index contributed by atoms with van der Waals surface area (Å²) in [5, 5.41) is 2.57. The van der Waals surface area contributed by atoms with Crippen molar-refractivity contribution in [3.05, 3.63) is 58.9 Å². The van der Waals surface area contributed by atoms with Crippen LogP contribution in [0, 0.1) is 5.82 Å². The molecule has 1 saturated heterocycles. The number of carbonyl (C=O) groups is 2. The second kappa shape index (κ2) is 9.73. The van der Waals surface area contributed by atoms with Gasteiger partial charge in [0.05, 0.1) is 30.3 Å². The zero-order chi connectivity index (χ0) is 22.6. The SMILES string of the molecule is CN(CC(=O)Nc1ccc(Cl)c(S(=O)(=O)N2CCOCC2)c1)C(=O)c1ccccc1F. The maximum absolute atomic E-state index is 13.8. The molecule has 0 saturated carbocycles. The highest BCUT2D eigenvalue weighted by atomic mass is 35.5. The van der Waals surface area contributed by atoms with Gasteiger partial charge in [0.2, 0.25) is 15.9 Å². The fourth-order valence-electron chi connectivity index (χ4n) is 3.03. The van der Waals surface area contributed by atoms with Gasteiger partial charge in [0, 0.05) is 25.8 Å². The summed E-state index contributed by atoms with van der Waals surface area (Å²) in [6.07, 6.45) is 0. The number of ether oxygens (including phenoxy) is 1. The lowest BCUT2D eigenvalue weighted by Gasteiger charge is -2.26. The second-order valence-corrected chi connectivity index (χ2v) is 9.16. The number of nitrogens with zero attached hydrogens (tertiary/aromatic N) is 2. The van der Waals surface area contributed by atoms with Crippen molar-refractivity contribution in [3.8, 4) is 0 Å². The lowest BCUT2D eigenvalue weighted by Crippen LogP contribution is -2.40. The van der Waals surface area contributed by atoms with E-state index in [1.807, 2.05) is 0 Å². The molecule has 166 valence electrons. The number of likely N-dealkylation sites (N-methyl/N-ethyl adjacent to an activating group) is 1. The maximum Gasteiger partial charge on any atom is 0.257 e. The van der Waals surface area contributed by atoms with Crippen LogP contribution in [0.1, 0.15) is 10.4 Å². The molecule has 0 atom stereocenters. The van der Waals surface area contributed by atoms with E-state index in [2.05, 4.69) is 5.32 Å². The second-order valence-electron chi connectivity index (χ2n) is 6.85. The van der Waals surface area contributed by atoms with Crippen LogP contribution in [0.3, 0.4) is 0 Å². The molecule has 0 aliphatic carbocycles. The standard InChI is InChI=1S/C20H21ClFN3O5S/c1-24(20(27)15-4-2-3-5-17(15)22)13-19(26)23-14-6-7-16(21)18(12-14)31(28,29)25-8-10-30-11-9-25/h2-7,12H,8-11,13H2,1H3,(H,23,26). The maximum atomic E-state index is 13.8. The van der Waals surface area contributed by atoms with Crippen LogP contribution in [0.15, 0.2) is 47.4 Å². The lowest BCUT2D eigenvalue weighted by atomic mass is 10.2. The van der Waals surface area contributed by atoms with Crippen LogP contribution >= 0.6 is 11.6 Å². The van der Waals surface area contributed by atoms with Crippen LogP contribution in [0.25, 0.3) is 0 Å². The molecule has 11 heteroatoms. The Labute approximate surface area is 184 Å². The first-order valence-corrected chi connectivity index (χ1v) is 11.2. The number of anilines is 1. The summed E-state index contributed by atoms with van der Waals surface area (Å²) in [6.45, 7) is 0.628. The molecule has 2 aromatic rings. The third-order valence-corrected chi connectivity index (χ3v) is 7.01. The van der Waals surface area contributed by atoms with Crippen molar-refractivity contribution in [1.82, 2.24) is 9.21 Å². The Hall–Kier alpha value is -2.53. The monoisotopic (exact) mass is 469 g/mol. The zero-order valence-electron chi connectivity index (χ0n) is 16.7. The first-order valence-electron chi connectivity index (χ1n) is 9.37. The third kappa shape index (κ3) is 5.40. The largest absolute Gasteiger partial charge is 0.379 e. The molecule has 8 nitrogen and oxygen atoms in total. The first kappa shape index (κ1) is 23.1. The van der Waals surface area contributed by atoms with Gasteiger partial charge >= 0.3 is 0 Å². The molecule has 0 spiro atoms. The van der Waals surface area contributed by atoms with Crippen molar-refractivity contribution < 1.29 is 27.1 Å². The van der Waals surface area contributed by atoms with Gasteiger partial charge in [0.25, 0.3) is 5.91 Å². The van der Waals surface area contributed by atoms with Gasteiger partial charge in [-0.1, -0.05) is 23.7 Å². The summed E-state index contributed by atoms with van der Waals surface area (Å²) in [5.74, 6) is -1.92. The predicted octanol–water partition coefficient (Wildman–Crippen LogP) is 2.21. The van der Waals surface area contributed by atoms with E-state index in [4.69, 9.17) is 16.3 Å². The van der Waals surface area contributed by atoms with Crippen LogP contribution in [-0.2, 0) is 19.6 Å². The Kier molecular flexibility index (Phi) is 7.26. The van der Waals surface area contributed by atoms with Gasteiger partial charge in [0.15, 0.2) is 0 Å². The van der Waals surface area contributed by atoms with E-state index in [0.29, 0.717) is 0 Å². The molecular weight excluding hydrogens is 449 g/mol. The van der Waals surface area contributed by atoms with Crippen molar-refractivity contribution >= 4 is 39.1 Å². The molecule has 0 bridgehead atoms. The van der Waals surface area contributed by atoms with Gasteiger partial charge in [-0.3, -0.25) is 9.59 Å². The molecule has 2 amide bonds.